The number of rotatable bonds is 4. The van der Waals surface area contributed by atoms with Gasteiger partial charge in [-0.2, -0.15) is 0 Å². The smallest absolute Gasteiger partial charge is 0.234 e. The Labute approximate surface area is 147 Å². The fraction of sp³-hybridized carbons (Fsp3) is 0.588. The quantitative estimate of drug-likeness (QED) is 0.852. The van der Waals surface area contributed by atoms with Crippen molar-refractivity contribution in [3.63, 3.8) is 0 Å². The number of amides is 1. The first kappa shape index (κ1) is 18.3. The lowest BCUT2D eigenvalue weighted by molar-refractivity contribution is -0.125. The molecule has 2 aliphatic heterocycles. The molecule has 0 aliphatic carbocycles. The van der Waals surface area contributed by atoms with Crippen LogP contribution in [0.4, 0.5) is 4.39 Å². The van der Waals surface area contributed by atoms with Crippen LogP contribution in [0.25, 0.3) is 0 Å². The van der Waals surface area contributed by atoms with Crippen LogP contribution in [-0.4, -0.2) is 62.5 Å². The molecule has 3 rings (SSSR count). The molecule has 1 aromatic rings. The van der Waals surface area contributed by atoms with Gasteiger partial charge in [-0.25, -0.2) is 12.8 Å². The maximum Gasteiger partial charge on any atom is 0.234 e. The zero-order valence-electron chi connectivity index (χ0n) is 14.2. The molecule has 0 radical (unpaired) electrons. The summed E-state index contributed by atoms with van der Waals surface area (Å²) in [6.45, 7) is 3.61. The van der Waals surface area contributed by atoms with Gasteiger partial charge in [0.2, 0.25) is 5.91 Å². The Kier molecular flexibility index (Phi) is 5.13. The molecule has 138 valence electrons. The Morgan fingerprint density at radius 1 is 1.40 bits per heavy atom. The van der Waals surface area contributed by atoms with Gasteiger partial charge < -0.3 is 10.1 Å². The van der Waals surface area contributed by atoms with Crippen LogP contribution < -0.4 is 5.32 Å². The fourth-order valence-electron chi connectivity index (χ4n) is 3.41. The molecule has 1 aromatic carbocycles. The van der Waals surface area contributed by atoms with Crippen molar-refractivity contribution in [2.24, 2.45) is 0 Å². The van der Waals surface area contributed by atoms with Gasteiger partial charge in [0.15, 0.2) is 9.84 Å². The average Bonchev–Trinajstić information content (AvgIpc) is 2.81. The number of hydrogen-bond donors (Lipinski definition) is 1. The largest absolute Gasteiger partial charge is 0.371 e. The van der Waals surface area contributed by atoms with Crippen LogP contribution in [-0.2, 0) is 19.4 Å². The number of morpholine rings is 1. The standard InChI is InChI=1S/C17H23FN2O4S/c1-17(6-9-25(22,23)12-17)19-16(21)11-20-7-8-24-15(10-20)13-2-4-14(18)5-3-13/h2-5,15H,6-12H2,1H3,(H,19,21)/t15-,17+/m1/s1. The molecule has 0 unspecified atom stereocenters. The van der Waals surface area contributed by atoms with Crippen molar-refractivity contribution in [2.45, 2.75) is 25.0 Å². The number of sulfone groups is 1. The normalized spacial score (nSPS) is 29.4. The molecule has 1 N–H and O–H groups in total. The second kappa shape index (κ2) is 7.01. The van der Waals surface area contributed by atoms with Gasteiger partial charge in [0.25, 0.3) is 0 Å². The molecular weight excluding hydrogens is 347 g/mol. The monoisotopic (exact) mass is 370 g/mol. The SMILES string of the molecule is C[C@]1(NC(=O)CN2CCO[C@@H](c3ccc(F)cc3)C2)CCS(=O)(=O)C1. The first-order valence-electron chi connectivity index (χ1n) is 8.36. The number of halogens is 1. The minimum Gasteiger partial charge on any atom is -0.371 e. The van der Waals surface area contributed by atoms with E-state index in [0.29, 0.717) is 26.1 Å². The van der Waals surface area contributed by atoms with E-state index in [9.17, 15) is 17.6 Å². The van der Waals surface area contributed by atoms with Gasteiger partial charge in [-0.3, -0.25) is 9.69 Å². The zero-order valence-corrected chi connectivity index (χ0v) is 15.0. The lowest BCUT2D eigenvalue weighted by Crippen LogP contribution is -2.51. The van der Waals surface area contributed by atoms with Crippen molar-refractivity contribution < 1.29 is 22.3 Å². The Bertz CT molecular complexity index is 738. The highest BCUT2D eigenvalue weighted by molar-refractivity contribution is 7.91. The lowest BCUT2D eigenvalue weighted by Gasteiger charge is -2.33. The molecule has 0 aromatic heterocycles. The van der Waals surface area contributed by atoms with Crippen molar-refractivity contribution >= 4 is 15.7 Å². The number of nitrogens with one attached hydrogen (secondary N) is 1. The number of carbonyl (C=O) groups is 1. The summed E-state index contributed by atoms with van der Waals surface area (Å²) in [5.74, 6) is -0.365. The molecule has 2 atom stereocenters. The van der Waals surface area contributed by atoms with E-state index in [2.05, 4.69) is 5.32 Å². The molecule has 25 heavy (non-hydrogen) atoms. The van der Waals surface area contributed by atoms with Crippen LogP contribution in [0.15, 0.2) is 24.3 Å². The maximum atomic E-state index is 13.0. The summed E-state index contributed by atoms with van der Waals surface area (Å²) in [6.07, 6.45) is 0.243. The van der Waals surface area contributed by atoms with E-state index in [1.165, 1.54) is 12.1 Å². The Balaban J connectivity index is 1.55. The highest BCUT2D eigenvalue weighted by atomic mass is 32.2. The summed E-state index contributed by atoms with van der Waals surface area (Å²) in [7, 11) is -3.06. The van der Waals surface area contributed by atoms with Crippen molar-refractivity contribution in [2.75, 3.05) is 37.7 Å². The number of nitrogens with zero attached hydrogens (tertiary/aromatic N) is 1. The summed E-state index contributed by atoms with van der Waals surface area (Å²) in [5, 5.41) is 2.87. The minimum absolute atomic E-state index is 0.00689. The van der Waals surface area contributed by atoms with E-state index in [-0.39, 0.29) is 35.9 Å². The second-order valence-electron chi connectivity index (χ2n) is 7.10. The summed E-state index contributed by atoms with van der Waals surface area (Å²) in [6, 6.07) is 6.17. The second-order valence-corrected chi connectivity index (χ2v) is 9.28. The highest BCUT2D eigenvalue weighted by Gasteiger charge is 2.39. The van der Waals surface area contributed by atoms with Crippen LogP contribution in [0, 0.1) is 5.82 Å². The van der Waals surface area contributed by atoms with Crippen molar-refractivity contribution in [1.29, 1.82) is 0 Å². The maximum absolute atomic E-state index is 13.0. The number of benzene rings is 1. The van der Waals surface area contributed by atoms with Gasteiger partial charge in [0, 0.05) is 13.1 Å². The molecule has 2 heterocycles. The topological polar surface area (TPSA) is 75.7 Å². The predicted octanol–water partition coefficient (Wildman–Crippen LogP) is 0.892. The summed E-state index contributed by atoms with van der Waals surface area (Å²) in [4.78, 5) is 14.3. The third-order valence-corrected chi connectivity index (χ3v) is 6.61. The van der Waals surface area contributed by atoms with Crippen LogP contribution >= 0.6 is 0 Å². The Hall–Kier alpha value is -1.51. The summed E-state index contributed by atoms with van der Waals surface area (Å²) in [5.41, 5.74) is 0.193. The van der Waals surface area contributed by atoms with Crippen LogP contribution in [0.2, 0.25) is 0 Å². The van der Waals surface area contributed by atoms with E-state index in [0.717, 1.165) is 5.56 Å². The minimum atomic E-state index is -3.06. The molecule has 0 bridgehead atoms. The van der Waals surface area contributed by atoms with E-state index in [1.54, 1.807) is 19.1 Å². The van der Waals surface area contributed by atoms with Crippen molar-refractivity contribution in [3.8, 4) is 0 Å². The molecule has 1 amide bonds. The third kappa shape index (κ3) is 4.77. The van der Waals surface area contributed by atoms with E-state index in [4.69, 9.17) is 4.74 Å². The molecule has 2 aliphatic rings. The summed E-state index contributed by atoms with van der Waals surface area (Å²) >= 11 is 0. The number of hydrogen-bond acceptors (Lipinski definition) is 5. The predicted molar refractivity (Wildman–Crippen MR) is 91.4 cm³/mol. The molecule has 2 fully saturated rings. The molecule has 2 saturated heterocycles. The number of carbonyl (C=O) groups excluding carboxylic acids is 1. The van der Waals surface area contributed by atoms with E-state index < -0.39 is 15.4 Å². The van der Waals surface area contributed by atoms with Gasteiger partial charge in [-0.05, 0) is 31.0 Å². The number of ether oxygens (including phenoxy) is 1. The van der Waals surface area contributed by atoms with Crippen molar-refractivity contribution in [3.05, 3.63) is 35.6 Å². The van der Waals surface area contributed by atoms with Crippen LogP contribution in [0.3, 0.4) is 0 Å². The molecular formula is C17H23FN2O4S. The van der Waals surface area contributed by atoms with Crippen LogP contribution in [0.1, 0.15) is 25.0 Å². The van der Waals surface area contributed by atoms with Gasteiger partial charge in [-0.1, -0.05) is 12.1 Å². The van der Waals surface area contributed by atoms with Gasteiger partial charge in [0.05, 0.1) is 36.3 Å². The van der Waals surface area contributed by atoms with Crippen molar-refractivity contribution in [1.82, 2.24) is 10.2 Å². The molecule has 8 heteroatoms. The fourth-order valence-corrected chi connectivity index (χ4v) is 5.51. The Morgan fingerprint density at radius 3 is 2.76 bits per heavy atom. The molecule has 0 spiro atoms. The van der Waals surface area contributed by atoms with Crippen LogP contribution in [0.5, 0.6) is 0 Å². The average molecular weight is 370 g/mol. The highest BCUT2D eigenvalue weighted by Crippen LogP contribution is 2.24. The van der Waals surface area contributed by atoms with Gasteiger partial charge >= 0.3 is 0 Å². The third-order valence-electron chi connectivity index (χ3n) is 4.70. The molecule has 0 saturated carbocycles. The summed E-state index contributed by atoms with van der Waals surface area (Å²) < 4.78 is 42.0. The first-order chi connectivity index (χ1) is 11.7. The Morgan fingerprint density at radius 2 is 2.12 bits per heavy atom. The van der Waals surface area contributed by atoms with E-state index >= 15 is 0 Å². The molecule has 6 nitrogen and oxygen atoms in total. The van der Waals surface area contributed by atoms with E-state index in [1.807, 2.05) is 4.90 Å². The lowest BCUT2D eigenvalue weighted by atomic mass is 10.0. The van der Waals surface area contributed by atoms with Gasteiger partial charge in [0.1, 0.15) is 5.82 Å². The zero-order chi connectivity index (χ0) is 18.1. The van der Waals surface area contributed by atoms with Gasteiger partial charge in [-0.15, -0.1) is 0 Å². The first-order valence-corrected chi connectivity index (χ1v) is 10.2.